The molecule has 4 aromatic rings. The summed E-state index contributed by atoms with van der Waals surface area (Å²) in [6.45, 7) is 1.26. The fourth-order valence-corrected chi connectivity index (χ4v) is 8.51. The lowest BCUT2D eigenvalue weighted by molar-refractivity contribution is 0.00274. The fraction of sp³-hybridized carbons (Fsp3) is 0.342. The highest BCUT2D eigenvalue weighted by Crippen LogP contribution is 2.56. The third-order valence-electron chi connectivity index (χ3n) is 10.6. The fourth-order valence-electron chi connectivity index (χ4n) is 8.51. The molecule has 2 aliphatic heterocycles. The van der Waals surface area contributed by atoms with E-state index in [1.165, 1.54) is 45.1 Å². The van der Waals surface area contributed by atoms with Crippen molar-refractivity contribution in [1.29, 1.82) is 0 Å². The highest BCUT2D eigenvalue weighted by atomic mass is 16.6. The molecule has 0 spiro atoms. The van der Waals surface area contributed by atoms with Gasteiger partial charge in [0.25, 0.3) is 0 Å². The SMILES string of the molecule is COc1ccc2c(c1)[C@]13CCCC[C@@H]1[C@H](C2)N(C)CC3.O=C1OC(c2ccc(O)cc2)(c2ccc(O)cc2)c2ccccc21. The number of methoxy groups -OCH3 is 1. The van der Waals surface area contributed by atoms with Crippen molar-refractivity contribution in [3.8, 4) is 17.2 Å². The molecule has 2 aliphatic carbocycles. The van der Waals surface area contributed by atoms with Gasteiger partial charge < -0.3 is 24.6 Å². The molecule has 4 aromatic carbocycles. The molecule has 226 valence electrons. The first-order chi connectivity index (χ1) is 21.4. The van der Waals surface area contributed by atoms with E-state index in [0.29, 0.717) is 11.0 Å². The molecular weight excluding hydrogens is 550 g/mol. The summed E-state index contributed by atoms with van der Waals surface area (Å²) in [5, 5.41) is 19.2. The first-order valence-corrected chi connectivity index (χ1v) is 15.7. The molecule has 1 saturated heterocycles. The van der Waals surface area contributed by atoms with Crippen LogP contribution in [-0.2, 0) is 22.2 Å². The Morgan fingerprint density at radius 1 is 0.841 bits per heavy atom. The van der Waals surface area contributed by atoms with Gasteiger partial charge in [0.05, 0.1) is 12.7 Å². The number of nitrogens with zero attached hydrogens (tertiary/aromatic N) is 1. The zero-order chi connectivity index (χ0) is 30.5. The average molecular weight is 590 g/mol. The van der Waals surface area contributed by atoms with Crippen molar-refractivity contribution in [1.82, 2.24) is 4.90 Å². The lowest BCUT2D eigenvalue weighted by Crippen LogP contribution is -2.59. The van der Waals surface area contributed by atoms with Crippen molar-refractivity contribution in [3.63, 3.8) is 0 Å². The molecule has 8 rings (SSSR count). The molecule has 0 radical (unpaired) electrons. The van der Waals surface area contributed by atoms with Gasteiger partial charge in [0, 0.05) is 28.1 Å². The number of hydrogen-bond acceptors (Lipinski definition) is 6. The lowest BCUT2D eigenvalue weighted by atomic mass is 9.52. The van der Waals surface area contributed by atoms with Crippen LogP contribution in [0.3, 0.4) is 0 Å². The van der Waals surface area contributed by atoms with Crippen LogP contribution in [0.1, 0.15) is 70.3 Å². The second-order valence-corrected chi connectivity index (χ2v) is 12.7. The normalized spacial score (nSPS) is 24.5. The van der Waals surface area contributed by atoms with Gasteiger partial charge in [-0.2, -0.15) is 0 Å². The maximum Gasteiger partial charge on any atom is 0.340 e. The molecule has 1 saturated carbocycles. The molecule has 0 amide bonds. The van der Waals surface area contributed by atoms with Crippen LogP contribution >= 0.6 is 0 Å². The summed E-state index contributed by atoms with van der Waals surface area (Å²) in [5.41, 5.74) is 5.28. The van der Waals surface area contributed by atoms with E-state index < -0.39 is 11.6 Å². The molecule has 0 unspecified atom stereocenters. The number of aromatic hydroxyl groups is 2. The monoisotopic (exact) mass is 589 g/mol. The number of piperidine rings is 1. The predicted molar refractivity (Wildman–Crippen MR) is 169 cm³/mol. The summed E-state index contributed by atoms with van der Waals surface area (Å²) in [4.78, 5) is 15.1. The van der Waals surface area contributed by atoms with Crippen LogP contribution in [0.15, 0.2) is 91.0 Å². The van der Waals surface area contributed by atoms with Gasteiger partial charge in [-0.15, -0.1) is 0 Å². The van der Waals surface area contributed by atoms with Crippen LogP contribution in [0.4, 0.5) is 0 Å². The third-order valence-corrected chi connectivity index (χ3v) is 10.6. The molecular formula is C38H39NO5. The average Bonchev–Trinajstić information content (AvgIpc) is 3.36. The maximum atomic E-state index is 12.4. The molecule has 2 N–H and O–H groups in total. The molecule has 2 heterocycles. The van der Waals surface area contributed by atoms with Crippen molar-refractivity contribution in [2.24, 2.45) is 5.92 Å². The van der Waals surface area contributed by atoms with E-state index in [0.717, 1.165) is 34.4 Å². The molecule has 6 nitrogen and oxygen atoms in total. The molecule has 4 aliphatic rings. The van der Waals surface area contributed by atoms with Crippen LogP contribution in [0.5, 0.6) is 17.2 Å². The van der Waals surface area contributed by atoms with Crippen molar-refractivity contribution in [2.45, 2.75) is 55.6 Å². The van der Waals surface area contributed by atoms with Crippen LogP contribution in [0.2, 0.25) is 0 Å². The van der Waals surface area contributed by atoms with E-state index in [1.54, 1.807) is 78.9 Å². The number of benzene rings is 4. The summed E-state index contributed by atoms with van der Waals surface area (Å²) >= 11 is 0. The van der Waals surface area contributed by atoms with Gasteiger partial charge in [0.15, 0.2) is 5.60 Å². The predicted octanol–water partition coefficient (Wildman–Crippen LogP) is 6.94. The molecule has 2 fully saturated rings. The molecule has 2 bridgehead atoms. The number of cyclic esters (lactones) is 1. The first kappa shape index (κ1) is 28.5. The minimum absolute atomic E-state index is 0.136. The van der Waals surface area contributed by atoms with E-state index in [1.807, 2.05) is 12.1 Å². The number of phenols is 2. The number of hydrogen-bond donors (Lipinski definition) is 2. The van der Waals surface area contributed by atoms with Gasteiger partial charge in [-0.05, 0) is 98.8 Å². The number of likely N-dealkylation sites (N-methyl/N-ethyl adjacent to an activating group) is 1. The van der Waals surface area contributed by atoms with Crippen molar-refractivity contribution in [3.05, 3.63) is 124 Å². The molecule has 3 atom stereocenters. The Morgan fingerprint density at radius 3 is 2.20 bits per heavy atom. The second kappa shape index (κ2) is 11.0. The Balaban J connectivity index is 0.000000144. The number of rotatable bonds is 3. The van der Waals surface area contributed by atoms with Crippen molar-refractivity contribution >= 4 is 5.97 Å². The maximum absolute atomic E-state index is 12.4. The first-order valence-electron chi connectivity index (χ1n) is 15.7. The Kier molecular flexibility index (Phi) is 7.13. The Morgan fingerprint density at radius 2 is 1.52 bits per heavy atom. The summed E-state index contributed by atoms with van der Waals surface area (Å²) in [6, 6.07) is 28.0. The minimum Gasteiger partial charge on any atom is -0.508 e. The Labute approximate surface area is 258 Å². The number of ether oxygens (including phenoxy) is 2. The van der Waals surface area contributed by atoms with Crippen molar-refractivity contribution in [2.75, 3.05) is 20.7 Å². The van der Waals surface area contributed by atoms with Gasteiger partial charge in [-0.25, -0.2) is 4.79 Å². The number of esters is 1. The molecule has 6 heteroatoms. The van der Waals surface area contributed by atoms with Crippen LogP contribution < -0.4 is 4.74 Å². The van der Waals surface area contributed by atoms with E-state index in [4.69, 9.17) is 9.47 Å². The van der Waals surface area contributed by atoms with Gasteiger partial charge in [0.1, 0.15) is 17.2 Å². The standard InChI is InChI=1S/C20H14O4.C18H25NO/c21-15-9-5-13(6-10-15)20(14-7-11-16(22)12-8-14)18-4-2-1-3-17(18)19(23)24-20;1-19-10-9-18-8-4-3-5-15(18)17(19)11-13-6-7-14(20-2)12-16(13)18/h1-12,21-22H;6-7,12,15,17H,3-5,8-11H2,1-2H3/t;15-,17+,18+/m.1/s1. The van der Waals surface area contributed by atoms with E-state index >= 15 is 0 Å². The summed E-state index contributed by atoms with van der Waals surface area (Å²) < 4.78 is 11.4. The molecule has 44 heavy (non-hydrogen) atoms. The minimum atomic E-state index is -1.10. The Bertz CT molecular complexity index is 1640. The van der Waals surface area contributed by atoms with E-state index in [2.05, 4.69) is 30.1 Å². The number of carbonyl (C=O) groups is 1. The van der Waals surface area contributed by atoms with Gasteiger partial charge in [-0.1, -0.05) is 61.4 Å². The topological polar surface area (TPSA) is 79.2 Å². The molecule has 0 aromatic heterocycles. The van der Waals surface area contributed by atoms with Gasteiger partial charge >= 0.3 is 5.97 Å². The highest BCUT2D eigenvalue weighted by Gasteiger charge is 2.53. The number of phenolic OH excluding ortho intramolecular Hbond substituents is 2. The highest BCUT2D eigenvalue weighted by molar-refractivity contribution is 5.96. The zero-order valence-electron chi connectivity index (χ0n) is 25.3. The zero-order valence-corrected chi connectivity index (χ0v) is 25.3. The number of carbonyl (C=O) groups excluding carboxylic acids is 1. The summed E-state index contributed by atoms with van der Waals surface area (Å²) in [7, 11) is 4.12. The van der Waals surface area contributed by atoms with Gasteiger partial charge in [-0.3, -0.25) is 0 Å². The van der Waals surface area contributed by atoms with Gasteiger partial charge in [0.2, 0.25) is 0 Å². The van der Waals surface area contributed by atoms with Crippen molar-refractivity contribution < 1.29 is 24.5 Å². The smallest absolute Gasteiger partial charge is 0.340 e. The van der Waals surface area contributed by atoms with Crippen LogP contribution in [0.25, 0.3) is 0 Å². The van der Waals surface area contributed by atoms with E-state index in [9.17, 15) is 15.0 Å². The van der Waals surface area contributed by atoms with Crippen LogP contribution in [0, 0.1) is 5.92 Å². The Hall–Kier alpha value is -4.29. The number of fused-ring (bicyclic) bond motifs is 2. The summed E-state index contributed by atoms with van der Waals surface area (Å²) in [5.74, 6) is 1.79. The number of likely N-dealkylation sites (tertiary alicyclic amines) is 1. The quantitative estimate of drug-likeness (QED) is 0.252. The third kappa shape index (κ3) is 4.46. The second-order valence-electron chi connectivity index (χ2n) is 12.7. The largest absolute Gasteiger partial charge is 0.508 e. The lowest BCUT2D eigenvalue weighted by Gasteiger charge is -2.58. The van der Waals surface area contributed by atoms with Crippen LogP contribution in [-0.4, -0.2) is 47.8 Å². The summed E-state index contributed by atoms with van der Waals surface area (Å²) in [6.07, 6.45) is 8.22. The van der Waals surface area contributed by atoms with E-state index in [-0.39, 0.29) is 11.5 Å².